The summed E-state index contributed by atoms with van der Waals surface area (Å²) in [7, 11) is 0. The van der Waals surface area contributed by atoms with Crippen LogP contribution in [0.3, 0.4) is 0 Å². The zero-order valence-corrected chi connectivity index (χ0v) is 11.3. The minimum atomic E-state index is -0.0680. The van der Waals surface area contributed by atoms with E-state index in [1.54, 1.807) is 23.6 Å². The van der Waals surface area contributed by atoms with Crippen LogP contribution in [0.15, 0.2) is 29.8 Å². The average Bonchev–Trinajstić information content (AvgIpc) is 2.73. The highest BCUT2D eigenvalue weighted by Gasteiger charge is 2.05. The fourth-order valence-corrected chi connectivity index (χ4v) is 2.42. The number of hydrogen-bond acceptors (Lipinski definition) is 4. The first-order chi connectivity index (χ1) is 8.65. The summed E-state index contributed by atoms with van der Waals surface area (Å²) in [4.78, 5) is 16.0. The Hall–Kier alpha value is -1.59. The van der Waals surface area contributed by atoms with E-state index in [1.165, 1.54) is 6.92 Å². The van der Waals surface area contributed by atoms with Crippen molar-refractivity contribution in [3.05, 3.63) is 39.8 Å². The van der Waals surface area contributed by atoms with Crippen molar-refractivity contribution in [2.75, 3.05) is 10.6 Å². The number of anilines is 2. The van der Waals surface area contributed by atoms with Gasteiger partial charge in [0.1, 0.15) is 5.15 Å². The number of carbonyl (C=O) groups is 1. The molecule has 0 bridgehead atoms. The molecule has 94 valence electrons. The number of amides is 1. The van der Waals surface area contributed by atoms with Crippen molar-refractivity contribution in [2.45, 2.75) is 13.5 Å². The summed E-state index contributed by atoms with van der Waals surface area (Å²) in [5.74, 6) is -0.0680. The maximum Gasteiger partial charge on any atom is 0.221 e. The number of nitrogens with one attached hydrogen (secondary N) is 2. The largest absolute Gasteiger partial charge is 0.380 e. The van der Waals surface area contributed by atoms with Crippen LogP contribution in [0.25, 0.3) is 0 Å². The summed E-state index contributed by atoms with van der Waals surface area (Å²) >= 11 is 7.39. The Labute approximate surface area is 114 Å². The van der Waals surface area contributed by atoms with Crippen molar-refractivity contribution in [3.8, 4) is 0 Å². The second kappa shape index (κ2) is 5.84. The van der Waals surface area contributed by atoms with Gasteiger partial charge in [-0.05, 0) is 23.6 Å². The van der Waals surface area contributed by atoms with Gasteiger partial charge >= 0.3 is 0 Å². The van der Waals surface area contributed by atoms with E-state index in [2.05, 4.69) is 15.6 Å². The Kier molecular flexibility index (Phi) is 4.17. The standard InChI is InChI=1S/C12H12ClN3OS/c1-8(17)16-10-3-5-18-11(10)7-15-9-2-4-14-12(13)6-9/h2-6H,7H2,1H3,(H,14,15)(H,16,17). The number of aromatic nitrogens is 1. The van der Waals surface area contributed by atoms with E-state index in [1.807, 2.05) is 17.5 Å². The fraction of sp³-hybridized carbons (Fsp3) is 0.167. The van der Waals surface area contributed by atoms with Crippen LogP contribution >= 0.6 is 22.9 Å². The molecule has 4 nitrogen and oxygen atoms in total. The number of hydrogen-bond donors (Lipinski definition) is 2. The monoisotopic (exact) mass is 281 g/mol. The number of pyridine rings is 1. The third-order valence-electron chi connectivity index (χ3n) is 2.24. The molecule has 6 heteroatoms. The number of nitrogens with zero attached hydrogens (tertiary/aromatic N) is 1. The molecule has 0 saturated carbocycles. The molecule has 0 aliphatic heterocycles. The van der Waals surface area contributed by atoms with Gasteiger partial charge < -0.3 is 10.6 Å². The molecule has 2 N–H and O–H groups in total. The summed E-state index contributed by atoms with van der Waals surface area (Å²) in [6.07, 6.45) is 1.65. The highest BCUT2D eigenvalue weighted by molar-refractivity contribution is 7.10. The van der Waals surface area contributed by atoms with Gasteiger partial charge in [0.25, 0.3) is 0 Å². The van der Waals surface area contributed by atoms with Crippen molar-refractivity contribution in [2.24, 2.45) is 0 Å². The minimum absolute atomic E-state index is 0.0680. The van der Waals surface area contributed by atoms with Crippen LogP contribution in [0.4, 0.5) is 11.4 Å². The highest BCUT2D eigenvalue weighted by Crippen LogP contribution is 2.23. The number of rotatable bonds is 4. The second-order valence-electron chi connectivity index (χ2n) is 3.66. The third kappa shape index (κ3) is 3.45. The Morgan fingerprint density at radius 2 is 2.33 bits per heavy atom. The van der Waals surface area contributed by atoms with E-state index in [-0.39, 0.29) is 5.91 Å². The molecule has 0 aliphatic carbocycles. The molecule has 0 aromatic carbocycles. The highest BCUT2D eigenvalue weighted by atomic mass is 35.5. The quantitative estimate of drug-likeness (QED) is 0.845. The normalized spacial score (nSPS) is 10.1. The molecule has 1 amide bonds. The Morgan fingerprint density at radius 3 is 3.06 bits per heavy atom. The lowest BCUT2D eigenvalue weighted by molar-refractivity contribution is -0.114. The zero-order chi connectivity index (χ0) is 13.0. The summed E-state index contributed by atoms with van der Waals surface area (Å²) in [5, 5.41) is 8.43. The van der Waals surface area contributed by atoms with Crippen LogP contribution in [0.1, 0.15) is 11.8 Å². The number of thiophene rings is 1. The van der Waals surface area contributed by atoms with Gasteiger partial charge in [-0.25, -0.2) is 4.98 Å². The lowest BCUT2D eigenvalue weighted by Crippen LogP contribution is -2.08. The Bertz CT molecular complexity index is 556. The molecule has 0 unspecified atom stereocenters. The van der Waals surface area contributed by atoms with Gasteiger partial charge in [-0.15, -0.1) is 11.3 Å². The maximum absolute atomic E-state index is 11.0. The van der Waals surface area contributed by atoms with Crippen molar-refractivity contribution in [3.63, 3.8) is 0 Å². The van der Waals surface area contributed by atoms with E-state index in [0.29, 0.717) is 11.7 Å². The smallest absolute Gasteiger partial charge is 0.221 e. The van der Waals surface area contributed by atoms with E-state index >= 15 is 0 Å². The maximum atomic E-state index is 11.0. The molecule has 2 heterocycles. The van der Waals surface area contributed by atoms with Gasteiger partial charge in [-0.2, -0.15) is 0 Å². The lowest BCUT2D eigenvalue weighted by atomic mass is 10.3. The molecule has 0 atom stereocenters. The topological polar surface area (TPSA) is 54.0 Å². The van der Waals surface area contributed by atoms with Gasteiger partial charge in [0.2, 0.25) is 5.91 Å². The number of halogens is 1. The van der Waals surface area contributed by atoms with E-state index in [0.717, 1.165) is 16.3 Å². The minimum Gasteiger partial charge on any atom is -0.380 e. The molecule has 0 saturated heterocycles. The van der Waals surface area contributed by atoms with Gasteiger partial charge in [-0.1, -0.05) is 11.6 Å². The predicted octanol–water partition coefficient (Wildman–Crippen LogP) is 3.37. The van der Waals surface area contributed by atoms with Crippen LogP contribution in [0, 0.1) is 0 Å². The summed E-state index contributed by atoms with van der Waals surface area (Å²) in [5.41, 5.74) is 1.75. The summed E-state index contributed by atoms with van der Waals surface area (Å²) in [6, 6.07) is 5.49. The van der Waals surface area contributed by atoms with Crippen LogP contribution in [0.5, 0.6) is 0 Å². The molecule has 0 spiro atoms. The Balaban J connectivity index is 2.02. The third-order valence-corrected chi connectivity index (χ3v) is 3.36. The van der Waals surface area contributed by atoms with Crippen LogP contribution in [-0.4, -0.2) is 10.9 Å². The first-order valence-electron chi connectivity index (χ1n) is 5.34. The molecule has 2 aromatic heterocycles. The van der Waals surface area contributed by atoms with E-state index < -0.39 is 0 Å². The molecule has 0 fully saturated rings. The molecular weight excluding hydrogens is 270 g/mol. The van der Waals surface area contributed by atoms with Gasteiger partial charge in [-0.3, -0.25) is 4.79 Å². The fourth-order valence-electron chi connectivity index (χ4n) is 1.47. The van der Waals surface area contributed by atoms with Gasteiger partial charge in [0, 0.05) is 23.7 Å². The summed E-state index contributed by atoms with van der Waals surface area (Å²) in [6.45, 7) is 2.13. The van der Waals surface area contributed by atoms with Gasteiger partial charge in [0.15, 0.2) is 0 Å². The molecule has 0 radical (unpaired) electrons. The average molecular weight is 282 g/mol. The van der Waals surface area contributed by atoms with E-state index in [9.17, 15) is 4.79 Å². The second-order valence-corrected chi connectivity index (χ2v) is 5.05. The predicted molar refractivity (Wildman–Crippen MR) is 75.2 cm³/mol. The number of carbonyl (C=O) groups excluding carboxylic acids is 1. The van der Waals surface area contributed by atoms with Crippen molar-refractivity contribution < 1.29 is 4.79 Å². The van der Waals surface area contributed by atoms with Crippen LogP contribution < -0.4 is 10.6 Å². The lowest BCUT2D eigenvalue weighted by Gasteiger charge is -2.07. The summed E-state index contributed by atoms with van der Waals surface area (Å²) < 4.78 is 0. The van der Waals surface area contributed by atoms with Crippen LogP contribution in [-0.2, 0) is 11.3 Å². The van der Waals surface area contributed by atoms with Crippen LogP contribution in [0.2, 0.25) is 5.15 Å². The van der Waals surface area contributed by atoms with Crippen molar-refractivity contribution in [1.29, 1.82) is 0 Å². The zero-order valence-electron chi connectivity index (χ0n) is 9.74. The van der Waals surface area contributed by atoms with Crippen molar-refractivity contribution >= 4 is 40.2 Å². The first-order valence-corrected chi connectivity index (χ1v) is 6.60. The molecule has 2 rings (SSSR count). The molecule has 18 heavy (non-hydrogen) atoms. The SMILES string of the molecule is CC(=O)Nc1ccsc1CNc1ccnc(Cl)c1. The Morgan fingerprint density at radius 1 is 1.50 bits per heavy atom. The van der Waals surface area contributed by atoms with Crippen molar-refractivity contribution in [1.82, 2.24) is 4.98 Å². The first kappa shape index (κ1) is 12.9. The van der Waals surface area contributed by atoms with Gasteiger partial charge in [0.05, 0.1) is 12.2 Å². The molecular formula is C12H12ClN3OS. The molecule has 0 aliphatic rings. The molecule has 2 aromatic rings. The van der Waals surface area contributed by atoms with E-state index in [4.69, 9.17) is 11.6 Å².